The molecule has 0 aliphatic carbocycles. The van der Waals surface area contributed by atoms with Crippen molar-refractivity contribution in [3.8, 4) is 0 Å². The fourth-order valence-corrected chi connectivity index (χ4v) is 2.41. The van der Waals surface area contributed by atoms with E-state index in [1.165, 1.54) is 6.42 Å². The number of hydrogen-bond acceptors (Lipinski definition) is 4. The normalized spacial score (nSPS) is 17.1. The van der Waals surface area contributed by atoms with E-state index in [2.05, 4.69) is 10.5 Å². The Morgan fingerprint density at radius 3 is 2.83 bits per heavy atom. The van der Waals surface area contributed by atoms with Crippen LogP contribution in [0.1, 0.15) is 35.4 Å². The maximum atomic E-state index is 12.2. The van der Waals surface area contributed by atoms with Crippen LogP contribution < -0.4 is 5.32 Å². The first-order valence-corrected chi connectivity index (χ1v) is 6.57. The first-order valence-electron chi connectivity index (χ1n) is 6.57. The van der Waals surface area contributed by atoms with Gasteiger partial charge in [-0.3, -0.25) is 4.79 Å². The number of aromatic nitrogens is 1. The molecule has 100 valence electrons. The second-order valence-electron chi connectivity index (χ2n) is 4.97. The lowest BCUT2D eigenvalue weighted by Crippen LogP contribution is -2.39. The van der Waals surface area contributed by atoms with Crippen LogP contribution in [0.4, 0.5) is 0 Å². The highest BCUT2D eigenvalue weighted by Crippen LogP contribution is 2.22. The van der Waals surface area contributed by atoms with Crippen LogP contribution in [0.3, 0.4) is 0 Å². The van der Waals surface area contributed by atoms with Crippen LogP contribution in [-0.2, 0) is 0 Å². The second-order valence-corrected chi connectivity index (χ2v) is 4.97. The molecule has 0 atom stereocenters. The lowest BCUT2D eigenvalue weighted by molar-refractivity contribution is 0.0644. The Kier molecular flexibility index (Phi) is 4.36. The summed E-state index contributed by atoms with van der Waals surface area (Å²) in [6.07, 6.45) is 4.95. The third kappa shape index (κ3) is 2.90. The summed E-state index contributed by atoms with van der Waals surface area (Å²) in [5, 5.41) is 6.84. The van der Waals surface area contributed by atoms with Gasteiger partial charge in [0.2, 0.25) is 5.76 Å². The molecule has 0 radical (unpaired) electrons. The maximum Gasteiger partial charge on any atom is 0.292 e. The van der Waals surface area contributed by atoms with E-state index >= 15 is 0 Å². The number of likely N-dealkylation sites (tertiary alicyclic amines) is 1. The zero-order valence-corrected chi connectivity index (χ0v) is 11.1. The highest BCUT2D eigenvalue weighted by atomic mass is 16.5. The maximum absolute atomic E-state index is 12.2. The standard InChI is InChI=1S/C13H21N3O2/c1-10-9-15-18-12(10)13(17)16-7-4-11(5-8-16)3-6-14-2/h9,11,14H,3-8H2,1-2H3. The molecular weight excluding hydrogens is 230 g/mol. The van der Waals surface area contributed by atoms with Crippen LogP contribution in [-0.4, -0.2) is 42.6 Å². The molecule has 1 aromatic heterocycles. The van der Waals surface area contributed by atoms with Gasteiger partial charge in [0, 0.05) is 18.7 Å². The number of piperidine rings is 1. The van der Waals surface area contributed by atoms with Gasteiger partial charge in [-0.05, 0) is 45.7 Å². The molecule has 1 saturated heterocycles. The molecule has 0 unspecified atom stereocenters. The Morgan fingerprint density at radius 1 is 1.56 bits per heavy atom. The lowest BCUT2D eigenvalue weighted by atomic mass is 9.93. The first kappa shape index (κ1) is 13.1. The first-order chi connectivity index (χ1) is 8.72. The average Bonchev–Trinajstić information content (AvgIpc) is 2.82. The van der Waals surface area contributed by atoms with Crippen molar-refractivity contribution in [2.24, 2.45) is 5.92 Å². The zero-order valence-electron chi connectivity index (χ0n) is 11.1. The van der Waals surface area contributed by atoms with Crippen LogP contribution in [0.5, 0.6) is 0 Å². The Hall–Kier alpha value is -1.36. The summed E-state index contributed by atoms with van der Waals surface area (Å²) in [7, 11) is 1.98. The summed E-state index contributed by atoms with van der Waals surface area (Å²) in [6.45, 7) is 4.56. The molecule has 1 aliphatic heterocycles. The van der Waals surface area contributed by atoms with Crippen LogP contribution in [0.15, 0.2) is 10.7 Å². The number of hydrogen-bond donors (Lipinski definition) is 1. The van der Waals surface area contributed by atoms with Gasteiger partial charge in [0.05, 0.1) is 6.20 Å². The number of rotatable bonds is 4. The molecule has 1 aromatic rings. The van der Waals surface area contributed by atoms with E-state index in [1.54, 1.807) is 6.20 Å². The Morgan fingerprint density at radius 2 is 2.28 bits per heavy atom. The molecule has 0 spiro atoms. The summed E-state index contributed by atoms with van der Waals surface area (Å²) in [4.78, 5) is 14.1. The third-order valence-corrected chi connectivity index (χ3v) is 3.65. The Labute approximate surface area is 108 Å². The minimum Gasteiger partial charge on any atom is -0.351 e. The van der Waals surface area contributed by atoms with Crippen molar-refractivity contribution in [3.63, 3.8) is 0 Å². The van der Waals surface area contributed by atoms with Crippen molar-refractivity contribution in [1.82, 2.24) is 15.4 Å². The van der Waals surface area contributed by atoms with Gasteiger partial charge in [-0.15, -0.1) is 0 Å². The van der Waals surface area contributed by atoms with E-state index in [1.807, 2.05) is 18.9 Å². The van der Waals surface area contributed by atoms with Gasteiger partial charge in [0.15, 0.2) is 0 Å². The molecule has 2 heterocycles. The quantitative estimate of drug-likeness (QED) is 0.880. The minimum atomic E-state index is -0.0166. The van der Waals surface area contributed by atoms with Gasteiger partial charge in [-0.1, -0.05) is 5.16 Å². The van der Waals surface area contributed by atoms with E-state index < -0.39 is 0 Å². The Bertz CT molecular complexity index is 395. The summed E-state index contributed by atoms with van der Waals surface area (Å²) in [5.74, 6) is 1.11. The van der Waals surface area contributed by atoms with Crippen molar-refractivity contribution in [2.45, 2.75) is 26.2 Å². The smallest absolute Gasteiger partial charge is 0.292 e. The van der Waals surface area contributed by atoms with Crippen molar-refractivity contribution in [2.75, 3.05) is 26.7 Å². The van der Waals surface area contributed by atoms with E-state index in [-0.39, 0.29) is 5.91 Å². The summed E-state index contributed by atoms with van der Waals surface area (Å²) < 4.78 is 5.02. The van der Waals surface area contributed by atoms with Crippen molar-refractivity contribution >= 4 is 5.91 Å². The molecule has 0 bridgehead atoms. The van der Waals surface area contributed by atoms with Gasteiger partial charge in [-0.2, -0.15) is 0 Å². The number of carbonyl (C=O) groups excluding carboxylic acids is 1. The van der Waals surface area contributed by atoms with E-state index in [9.17, 15) is 4.79 Å². The van der Waals surface area contributed by atoms with Gasteiger partial charge in [-0.25, -0.2) is 0 Å². The highest BCUT2D eigenvalue weighted by molar-refractivity contribution is 5.92. The monoisotopic (exact) mass is 251 g/mol. The average molecular weight is 251 g/mol. The highest BCUT2D eigenvalue weighted by Gasteiger charge is 2.26. The Balaban J connectivity index is 1.86. The van der Waals surface area contributed by atoms with Gasteiger partial charge in [0.1, 0.15) is 0 Å². The lowest BCUT2D eigenvalue weighted by Gasteiger charge is -2.31. The SMILES string of the molecule is CNCCC1CCN(C(=O)c2oncc2C)CC1. The number of nitrogens with one attached hydrogen (secondary N) is 1. The second kappa shape index (κ2) is 6.00. The van der Waals surface area contributed by atoms with Gasteiger partial charge >= 0.3 is 0 Å². The van der Waals surface area contributed by atoms with Crippen molar-refractivity contribution < 1.29 is 9.32 Å². The third-order valence-electron chi connectivity index (χ3n) is 3.65. The molecule has 0 aromatic carbocycles. The predicted octanol–water partition coefficient (Wildman–Crippen LogP) is 1.44. The van der Waals surface area contributed by atoms with E-state index in [4.69, 9.17) is 4.52 Å². The predicted molar refractivity (Wildman–Crippen MR) is 68.4 cm³/mol. The zero-order chi connectivity index (χ0) is 13.0. The molecule has 1 amide bonds. The molecule has 5 nitrogen and oxygen atoms in total. The molecule has 1 fully saturated rings. The van der Waals surface area contributed by atoms with Gasteiger partial charge < -0.3 is 14.7 Å². The van der Waals surface area contributed by atoms with Crippen LogP contribution in [0.25, 0.3) is 0 Å². The fourth-order valence-electron chi connectivity index (χ4n) is 2.41. The van der Waals surface area contributed by atoms with Crippen LogP contribution >= 0.6 is 0 Å². The topological polar surface area (TPSA) is 58.4 Å². The van der Waals surface area contributed by atoms with Crippen molar-refractivity contribution in [1.29, 1.82) is 0 Å². The molecule has 0 saturated carbocycles. The fraction of sp³-hybridized carbons (Fsp3) is 0.692. The number of aryl methyl sites for hydroxylation is 1. The molecule has 1 N–H and O–H groups in total. The molecule has 18 heavy (non-hydrogen) atoms. The summed E-state index contributed by atoms with van der Waals surface area (Å²) in [6, 6.07) is 0. The summed E-state index contributed by atoms with van der Waals surface area (Å²) in [5.41, 5.74) is 0.817. The number of nitrogens with zero attached hydrogens (tertiary/aromatic N) is 2. The van der Waals surface area contributed by atoms with Crippen LogP contribution in [0, 0.1) is 12.8 Å². The summed E-state index contributed by atoms with van der Waals surface area (Å²) >= 11 is 0. The van der Waals surface area contributed by atoms with E-state index in [0.717, 1.165) is 44.0 Å². The number of carbonyl (C=O) groups is 1. The minimum absolute atomic E-state index is 0.0166. The molecular formula is C13H21N3O2. The molecule has 2 rings (SSSR count). The van der Waals surface area contributed by atoms with Gasteiger partial charge in [0.25, 0.3) is 5.91 Å². The molecule has 1 aliphatic rings. The van der Waals surface area contributed by atoms with Crippen LogP contribution in [0.2, 0.25) is 0 Å². The molecule has 5 heteroatoms. The van der Waals surface area contributed by atoms with Crippen molar-refractivity contribution in [3.05, 3.63) is 17.5 Å². The van der Waals surface area contributed by atoms with E-state index in [0.29, 0.717) is 5.76 Å². The number of amides is 1. The largest absolute Gasteiger partial charge is 0.351 e.